The molecule has 0 atom stereocenters. The van der Waals surface area contributed by atoms with Crippen LogP contribution in [0.2, 0.25) is 0 Å². The van der Waals surface area contributed by atoms with Gasteiger partial charge in [-0.05, 0) is 44.3 Å². The van der Waals surface area contributed by atoms with Crippen LogP contribution in [0.4, 0.5) is 0 Å². The summed E-state index contributed by atoms with van der Waals surface area (Å²) in [6, 6.07) is 6.28. The second kappa shape index (κ2) is 6.66. The summed E-state index contributed by atoms with van der Waals surface area (Å²) in [6.45, 7) is 2.64. The third kappa shape index (κ3) is 4.25. The Hall–Kier alpha value is -1.86. The number of carbonyl (C=O) groups excluding carboxylic acids is 1. The van der Waals surface area contributed by atoms with E-state index < -0.39 is 0 Å². The van der Waals surface area contributed by atoms with Gasteiger partial charge in [-0.25, -0.2) is 0 Å². The lowest BCUT2D eigenvalue weighted by atomic mass is 10.1. The average molecular weight is 232 g/mol. The van der Waals surface area contributed by atoms with Gasteiger partial charge in [-0.1, -0.05) is 6.07 Å². The van der Waals surface area contributed by atoms with Crippen LogP contribution in [-0.4, -0.2) is 36.4 Å². The first-order valence-electron chi connectivity index (χ1n) is 5.51. The number of aromatic hydroxyl groups is 1. The molecule has 1 N–H and O–H groups in total. The Bertz CT molecular complexity index is 420. The highest BCUT2D eigenvalue weighted by molar-refractivity contribution is 5.58. The molecule has 4 nitrogen and oxygen atoms in total. The Morgan fingerprint density at radius 1 is 1.53 bits per heavy atom. The maximum absolute atomic E-state index is 10.2. The fraction of sp³-hybridized carbons (Fsp3) is 0.385. The molecule has 1 aliphatic rings. The fourth-order valence-electron chi connectivity index (χ4n) is 1.41. The van der Waals surface area contributed by atoms with E-state index in [0.29, 0.717) is 11.1 Å². The van der Waals surface area contributed by atoms with Crippen molar-refractivity contribution in [1.29, 1.82) is 5.26 Å². The third-order valence-electron chi connectivity index (χ3n) is 2.60. The van der Waals surface area contributed by atoms with Crippen molar-refractivity contribution < 1.29 is 9.90 Å². The summed E-state index contributed by atoms with van der Waals surface area (Å²) < 4.78 is 0. The fourth-order valence-corrected chi connectivity index (χ4v) is 1.41. The van der Waals surface area contributed by atoms with Gasteiger partial charge < -0.3 is 14.8 Å². The maximum Gasteiger partial charge on any atom is 0.124 e. The second-order valence-corrected chi connectivity index (χ2v) is 3.98. The van der Waals surface area contributed by atoms with Gasteiger partial charge in [0.2, 0.25) is 0 Å². The summed E-state index contributed by atoms with van der Waals surface area (Å²) >= 11 is 0. The lowest BCUT2D eigenvalue weighted by Gasteiger charge is -2.24. The molecule has 1 aliphatic heterocycles. The van der Waals surface area contributed by atoms with Crippen LogP contribution < -0.4 is 0 Å². The first-order valence-corrected chi connectivity index (χ1v) is 5.51. The van der Waals surface area contributed by atoms with Crippen LogP contribution in [0.5, 0.6) is 5.75 Å². The third-order valence-corrected chi connectivity index (χ3v) is 2.60. The number of benzene rings is 1. The molecule has 1 aromatic carbocycles. The van der Waals surface area contributed by atoms with Gasteiger partial charge in [-0.15, -0.1) is 0 Å². The summed E-state index contributed by atoms with van der Waals surface area (Å²) in [5.74, 6) is 0.0428. The van der Waals surface area contributed by atoms with E-state index >= 15 is 0 Å². The summed E-state index contributed by atoms with van der Waals surface area (Å²) in [5.41, 5.74) is 0.993. The molecule has 1 aromatic rings. The number of phenols is 1. The van der Waals surface area contributed by atoms with Gasteiger partial charge in [0.05, 0.1) is 11.6 Å². The summed E-state index contributed by atoms with van der Waals surface area (Å²) in [7, 11) is 2.14. The van der Waals surface area contributed by atoms with Crippen LogP contribution in [0.25, 0.3) is 0 Å². The number of aldehydes is 1. The lowest BCUT2D eigenvalue weighted by Crippen LogP contribution is -2.32. The van der Waals surface area contributed by atoms with E-state index in [4.69, 9.17) is 10.4 Å². The highest BCUT2D eigenvalue weighted by Gasteiger charge is 2.04. The molecule has 0 unspecified atom stereocenters. The molecule has 0 radical (unpaired) electrons. The van der Waals surface area contributed by atoms with Crippen LogP contribution in [0.1, 0.15) is 17.5 Å². The summed E-state index contributed by atoms with van der Waals surface area (Å²) in [5, 5.41) is 17.6. The van der Waals surface area contributed by atoms with Crippen molar-refractivity contribution in [2.24, 2.45) is 0 Å². The van der Waals surface area contributed by atoms with Gasteiger partial charge in [0, 0.05) is 6.42 Å². The standard InChI is InChI=1S/C9H7NO2.C4H9N/c10-6-8-5-9(12)2-1-7(8)3-4-11;1-5-3-2-4-5/h1-2,4-5,12H,3H2;2-4H2,1H3. The molecule has 0 aromatic heterocycles. The van der Waals surface area contributed by atoms with Crippen molar-refractivity contribution >= 4 is 6.29 Å². The predicted octanol–water partition coefficient (Wildman–Crippen LogP) is 1.33. The molecule has 17 heavy (non-hydrogen) atoms. The van der Waals surface area contributed by atoms with E-state index in [1.165, 1.54) is 31.6 Å². The first-order chi connectivity index (χ1) is 8.17. The van der Waals surface area contributed by atoms with E-state index in [1.54, 1.807) is 6.07 Å². The van der Waals surface area contributed by atoms with Crippen molar-refractivity contribution in [3.63, 3.8) is 0 Å². The number of hydrogen-bond donors (Lipinski definition) is 1. The second-order valence-electron chi connectivity index (χ2n) is 3.98. The monoisotopic (exact) mass is 232 g/mol. The molecule has 2 rings (SSSR count). The Morgan fingerprint density at radius 3 is 2.59 bits per heavy atom. The Balaban J connectivity index is 0.000000239. The van der Waals surface area contributed by atoms with Crippen LogP contribution in [0, 0.1) is 11.3 Å². The van der Waals surface area contributed by atoms with E-state index in [2.05, 4.69) is 11.9 Å². The van der Waals surface area contributed by atoms with E-state index in [1.807, 2.05) is 6.07 Å². The molecule has 1 fully saturated rings. The molecule has 90 valence electrons. The van der Waals surface area contributed by atoms with Crippen LogP contribution >= 0.6 is 0 Å². The minimum absolute atomic E-state index is 0.0428. The number of phenolic OH excluding ortho intramolecular Hbond substituents is 1. The molecular weight excluding hydrogens is 216 g/mol. The zero-order chi connectivity index (χ0) is 12.7. The van der Waals surface area contributed by atoms with Crippen LogP contribution in [0.15, 0.2) is 18.2 Å². The molecule has 4 heteroatoms. The SMILES string of the molecule is CN1CCC1.N#Cc1cc(O)ccc1CC=O. The van der Waals surface area contributed by atoms with E-state index in [0.717, 1.165) is 6.29 Å². The highest BCUT2D eigenvalue weighted by atomic mass is 16.3. The smallest absolute Gasteiger partial charge is 0.124 e. The van der Waals surface area contributed by atoms with Gasteiger partial charge in [0.25, 0.3) is 0 Å². The van der Waals surface area contributed by atoms with Crippen molar-refractivity contribution in [2.45, 2.75) is 12.8 Å². The zero-order valence-electron chi connectivity index (χ0n) is 9.89. The number of carbonyl (C=O) groups is 1. The lowest BCUT2D eigenvalue weighted by molar-refractivity contribution is -0.107. The predicted molar refractivity (Wildman–Crippen MR) is 64.7 cm³/mol. The van der Waals surface area contributed by atoms with Gasteiger partial charge in [0.1, 0.15) is 12.0 Å². The Kier molecular flexibility index (Phi) is 5.18. The average Bonchev–Trinajstić information content (AvgIpc) is 2.30. The number of nitrogens with zero attached hydrogens (tertiary/aromatic N) is 2. The largest absolute Gasteiger partial charge is 0.508 e. The normalized spacial score (nSPS) is 13.9. The van der Waals surface area contributed by atoms with Gasteiger partial charge in [-0.3, -0.25) is 0 Å². The quantitative estimate of drug-likeness (QED) is 0.781. The van der Waals surface area contributed by atoms with Gasteiger partial charge in [-0.2, -0.15) is 5.26 Å². The van der Waals surface area contributed by atoms with Crippen LogP contribution in [-0.2, 0) is 11.2 Å². The summed E-state index contributed by atoms with van der Waals surface area (Å²) in [4.78, 5) is 12.5. The van der Waals surface area contributed by atoms with E-state index in [-0.39, 0.29) is 12.2 Å². The summed E-state index contributed by atoms with van der Waals surface area (Å²) in [6.07, 6.45) is 2.35. The number of nitriles is 1. The first kappa shape index (κ1) is 13.2. The van der Waals surface area contributed by atoms with Crippen molar-refractivity contribution in [3.05, 3.63) is 29.3 Å². The topological polar surface area (TPSA) is 64.3 Å². The number of hydrogen-bond acceptors (Lipinski definition) is 4. The van der Waals surface area contributed by atoms with Gasteiger partial charge in [0.15, 0.2) is 0 Å². The molecule has 0 spiro atoms. The van der Waals surface area contributed by atoms with Crippen molar-refractivity contribution in [2.75, 3.05) is 20.1 Å². The molecule has 1 saturated heterocycles. The molecule has 1 heterocycles. The molecule has 0 saturated carbocycles. The van der Waals surface area contributed by atoms with Crippen molar-refractivity contribution in [1.82, 2.24) is 4.90 Å². The molecule has 0 bridgehead atoms. The molecule has 0 aliphatic carbocycles. The van der Waals surface area contributed by atoms with Crippen molar-refractivity contribution in [3.8, 4) is 11.8 Å². The highest BCUT2D eigenvalue weighted by Crippen LogP contribution is 2.15. The Morgan fingerprint density at radius 2 is 2.18 bits per heavy atom. The minimum Gasteiger partial charge on any atom is -0.508 e. The molecule has 0 amide bonds. The Labute approximate surface area is 101 Å². The van der Waals surface area contributed by atoms with Gasteiger partial charge >= 0.3 is 0 Å². The number of rotatable bonds is 2. The number of likely N-dealkylation sites (tertiary alicyclic amines) is 1. The zero-order valence-corrected chi connectivity index (χ0v) is 9.89. The minimum atomic E-state index is 0.0428. The molecular formula is C13H16N2O2. The maximum atomic E-state index is 10.2. The van der Waals surface area contributed by atoms with E-state index in [9.17, 15) is 4.79 Å². The van der Waals surface area contributed by atoms with Crippen LogP contribution in [0.3, 0.4) is 0 Å².